The number of thioether (sulfide) groups is 1. The molecule has 0 aliphatic rings. The van der Waals surface area contributed by atoms with Crippen LogP contribution < -0.4 is 9.47 Å². The molecule has 0 heterocycles. The number of alkyl halides is 3. The van der Waals surface area contributed by atoms with Crippen LogP contribution in [0.1, 0.15) is 64.0 Å². The van der Waals surface area contributed by atoms with E-state index in [-0.39, 0.29) is 5.41 Å². The Hall–Kier alpha value is -1.82. The van der Waals surface area contributed by atoms with Crippen LogP contribution in [0.15, 0.2) is 47.4 Å². The Labute approximate surface area is 194 Å². The van der Waals surface area contributed by atoms with Crippen LogP contribution in [0, 0.1) is 12.3 Å². The van der Waals surface area contributed by atoms with Crippen molar-refractivity contribution in [2.75, 3.05) is 19.0 Å². The van der Waals surface area contributed by atoms with Crippen molar-refractivity contribution in [1.29, 1.82) is 0 Å². The lowest BCUT2D eigenvalue weighted by molar-refractivity contribution is -0.137. The SMILES string of the molecule is CCCOc1ccc(SCC(CCC)(CCC)COc2ccc(C(F)(F)F)cc2)cc1C. The summed E-state index contributed by atoms with van der Waals surface area (Å²) in [6, 6.07) is 11.3. The summed E-state index contributed by atoms with van der Waals surface area (Å²) in [6.07, 6.45) is 0.708. The van der Waals surface area contributed by atoms with Crippen LogP contribution in [0.5, 0.6) is 11.5 Å². The molecule has 0 bridgehead atoms. The summed E-state index contributed by atoms with van der Waals surface area (Å²) in [5.74, 6) is 2.30. The molecule has 0 fully saturated rings. The molecular weight excluding hydrogens is 433 g/mol. The van der Waals surface area contributed by atoms with E-state index in [1.54, 1.807) is 0 Å². The Morgan fingerprint density at radius 3 is 2.03 bits per heavy atom. The second kappa shape index (κ2) is 12.4. The van der Waals surface area contributed by atoms with Crippen molar-refractivity contribution in [2.45, 2.75) is 70.9 Å². The number of rotatable bonds is 13. The highest BCUT2D eigenvalue weighted by atomic mass is 32.2. The second-order valence-electron chi connectivity index (χ2n) is 8.38. The van der Waals surface area contributed by atoms with E-state index >= 15 is 0 Å². The molecule has 0 aliphatic carbocycles. The first-order chi connectivity index (χ1) is 15.2. The smallest absolute Gasteiger partial charge is 0.416 e. The van der Waals surface area contributed by atoms with Gasteiger partial charge in [-0.3, -0.25) is 0 Å². The minimum Gasteiger partial charge on any atom is -0.493 e. The average molecular weight is 469 g/mol. The van der Waals surface area contributed by atoms with Crippen molar-refractivity contribution in [1.82, 2.24) is 0 Å². The van der Waals surface area contributed by atoms with Crippen molar-refractivity contribution >= 4 is 11.8 Å². The van der Waals surface area contributed by atoms with Gasteiger partial charge in [-0.25, -0.2) is 0 Å². The van der Waals surface area contributed by atoms with E-state index in [2.05, 4.69) is 39.8 Å². The zero-order valence-electron chi connectivity index (χ0n) is 19.6. The first-order valence-electron chi connectivity index (χ1n) is 11.4. The van der Waals surface area contributed by atoms with E-state index in [9.17, 15) is 13.2 Å². The van der Waals surface area contributed by atoms with Gasteiger partial charge in [0.15, 0.2) is 0 Å². The highest BCUT2D eigenvalue weighted by Crippen LogP contribution is 2.38. The van der Waals surface area contributed by atoms with E-state index < -0.39 is 11.7 Å². The summed E-state index contributed by atoms with van der Waals surface area (Å²) in [7, 11) is 0. The Balaban J connectivity index is 2.08. The fourth-order valence-corrected chi connectivity index (χ4v) is 5.08. The zero-order valence-corrected chi connectivity index (χ0v) is 20.4. The van der Waals surface area contributed by atoms with Crippen molar-refractivity contribution in [3.8, 4) is 11.5 Å². The molecule has 0 unspecified atom stereocenters. The van der Waals surface area contributed by atoms with Crippen LogP contribution >= 0.6 is 11.8 Å². The van der Waals surface area contributed by atoms with Crippen molar-refractivity contribution in [3.63, 3.8) is 0 Å². The first-order valence-corrected chi connectivity index (χ1v) is 12.4. The third-order valence-corrected chi connectivity index (χ3v) is 6.78. The van der Waals surface area contributed by atoms with Gasteiger partial charge in [-0.1, -0.05) is 33.6 Å². The summed E-state index contributed by atoms with van der Waals surface area (Å²) in [6.45, 7) is 9.68. The lowest BCUT2D eigenvalue weighted by atomic mass is 9.82. The number of aryl methyl sites for hydroxylation is 1. The molecule has 178 valence electrons. The van der Waals surface area contributed by atoms with Gasteiger partial charge >= 0.3 is 6.18 Å². The van der Waals surface area contributed by atoms with Crippen LogP contribution in [0.3, 0.4) is 0 Å². The third kappa shape index (κ3) is 7.95. The minimum absolute atomic E-state index is 0.0395. The molecule has 0 amide bonds. The molecule has 0 radical (unpaired) electrons. The Morgan fingerprint density at radius 2 is 1.50 bits per heavy atom. The van der Waals surface area contributed by atoms with Gasteiger partial charge in [0, 0.05) is 16.1 Å². The molecule has 2 aromatic carbocycles. The van der Waals surface area contributed by atoms with Gasteiger partial charge in [-0.2, -0.15) is 13.2 Å². The monoisotopic (exact) mass is 468 g/mol. The molecule has 0 aromatic heterocycles. The lowest BCUT2D eigenvalue weighted by Gasteiger charge is -2.33. The molecule has 0 N–H and O–H groups in total. The van der Waals surface area contributed by atoms with E-state index in [1.165, 1.54) is 17.0 Å². The van der Waals surface area contributed by atoms with Gasteiger partial charge in [-0.15, -0.1) is 11.8 Å². The number of halogens is 3. The number of benzene rings is 2. The zero-order chi connectivity index (χ0) is 23.6. The molecule has 32 heavy (non-hydrogen) atoms. The van der Waals surface area contributed by atoms with Crippen LogP contribution in [-0.4, -0.2) is 19.0 Å². The predicted molar refractivity (Wildman–Crippen MR) is 127 cm³/mol. The van der Waals surface area contributed by atoms with Gasteiger partial charge in [0.25, 0.3) is 0 Å². The number of hydrogen-bond donors (Lipinski definition) is 0. The van der Waals surface area contributed by atoms with E-state index in [1.807, 2.05) is 17.8 Å². The highest BCUT2D eigenvalue weighted by Gasteiger charge is 2.31. The molecule has 0 aliphatic heterocycles. The van der Waals surface area contributed by atoms with Crippen LogP contribution in [0.25, 0.3) is 0 Å². The lowest BCUT2D eigenvalue weighted by Crippen LogP contribution is -2.31. The fourth-order valence-electron chi connectivity index (χ4n) is 3.81. The van der Waals surface area contributed by atoms with Crippen molar-refractivity contribution in [3.05, 3.63) is 53.6 Å². The van der Waals surface area contributed by atoms with Gasteiger partial charge in [-0.05, 0) is 74.2 Å². The second-order valence-corrected chi connectivity index (χ2v) is 9.42. The first kappa shape index (κ1) is 26.4. The summed E-state index contributed by atoms with van der Waals surface area (Å²) >= 11 is 1.81. The van der Waals surface area contributed by atoms with Gasteiger partial charge in [0.2, 0.25) is 0 Å². The summed E-state index contributed by atoms with van der Waals surface area (Å²) in [5, 5.41) is 0. The van der Waals surface area contributed by atoms with Crippen LogP contribution in [0.2, 0.25) is 0 Å². The maximum atomic E-state index is 12.8. The predicted octanol–water partition coefficient (Wildman–Crippen LogP) is 8.56. The molecular formula is C26H35F3O2S. The third-order valence-electron chi connectivity index (χ3n) is 5.44. The largest absolute Gasteiger partial charge is 0.493 e. The molecule has 6 heteroatoms. The molecule has 0 saturated heterocycles. The summed E-state index contributed by atoms with van der Waals surface area (Å²) in [4.78, 5) is 1.19. The molecule has 0 atom stereocenters. The van der Waals surface area contributed by atoms with Crippen molar-refractivity contribution < 1.29 is 22.6 Å². The molecule has 0 saturated carbocycles. The molecule has 0 spiro atoms. The Morgan fingerprint density at radius 1 is 0.844 bits per heavy atom. The van der Waals surface area contributed by atoms with E-state index in [4.69, 9.17) is 9.47 Å². The van der Waals surface area contributed by atoms with E-state index in [0.717, 1.165) is 61.3 Å². The Bertz CT molecular complexity index is 813. The molecule has 2 rings (SSSR count). The highest BCUT2D eigenvalue weighted by molar-refractivity contribution is 7.99. The maximum Gasteiger partial charge on any atom is 0.416 e. The van der Waals surface area contributed by atoms with Crippen molar-refractivity contribution in [2.24, 2.45) is 5.41 Å². The summed E-state index contributed by atoms with van der Waals surface area (Å²) in [5.41, 5.74) is 0.430. The Kier molecular flexibility index (Phi) is 10.3. The topological polar surface area (TPSA) is 18.5 Å². The van der Waals surface area contributed by atoms with Gasteiger partial charge in [0.05, 0.1) is 18.8 Å². The minimum atomic E-state index is -4.33. The fraction of sp³-hybridized carbons (Fsp3) is 0.538. The van der Waals surface area contributed by atoms with Crippen LogP contribution in [0.4, 0.5) is 13.2 Å². The van der Waals surface area contributed by atoms with Gasteiger partial charge in [0.1, 0.15) is 11.5 Å². The standard InChI is InChI=1S/C26H35F3O2S/c1-5-14-25(15-6-2,18-31-22-10-8-21(9-11-22)26(27,28)29)19-32-23-12-13-24(20(4)17-23)30-16-7-3/h8-13,17H,5-7,14-16,18-19H2,1-4H3. The summed E-state index contributed by atoms with van der Waals surface area (Å²) < 4.78 is 50.3. The normalized spacial score (nSPS) is 12.1. The maximum absolute atomic E-state index is 12.8. The molecule has 2 aromatic rings. The number of ether oxygens (including phenoxy) is 2. The number of hydrogen-bond acceptors (Lipinski definition) is 3. The van der Waals surface area contributed by atoms with E-state index in [0.29, 0.717) is 19.0 Å². The quantitative estimate of drug-likeness (QED) is 0.274. The molecule has 2 nitrogen and oxygen atoms in total. The van der Waals surface area contributed by atoms with Crippen LogP contribution in [-0.2, 0) is 6.18 Å². The van der Waals surface area contributed by atoms with Gasteiger partial charge < -0.3 is 9.47 Å². The average Bonchev–Trinajstić information content (AvgIpc) is 2.76.